The molecule has 3 rings (SSSR count). The van der Waals surface area contributed by atoms with Crippen LogP contribution >= 0.6 is 0 Å². The van der Waals surface area contributed by atoms with Gasteiger partial charge < -0.3 is 4.42 Å². The van der Waals surface area contributed by atoms with Crippen LogP contribution in [0.2, 0.25) is 0 Å². The highest BCUT2D eigenvalue weighted by Gasteiger charge is 2.23. The summed E-state index contributed by atoms with van der Waals surface area (Å²) in [6, 6.07) is 5.49. The second-order valence-corrected chi connectivity index (χ2v) is 7.65. The molecule has 0 amide bonds. The maximum atomic E-state index is 14.2. The smallest absolute Gasteiger partial charge is 0.415 e. The van der Waals surface area contributed by atoms with E-state index >= 15 is 0 Å². The summed E-state index contributed by atoms with van der Waals surface area (Å²) in [4.78, 5) is 10.9. The Morgan fingerprint density at radius 2 is 1.62 bits per heavy atom. The van der Waals surface area contributed by atoms with Gasteiger partial charge >= 0.3 is 5.76 Å². The quantitative estimate of drug-likeness (QED) is 0.696. The van der Waals surface area contributed by atoms with Crippen molar-refractivity contribution < 1.29 is 26.0 Å². The minimum absolute atomic E-state index is 0.0592. The number of oxazole rings is 1. The number of hydrogen-bond donors (Lipinski definition) is 0. The number of benzene rings is 2. The Kier molecular flexibility index (Phi) is 4.27. The number of aryl methyl sites for hydroxylation is 1. The summed E-state index contributed by atoms with van der Waals surface area (Å²) in [7, 11) is -4.12. The molecule has 0 aliphatic rings. The standard InChI is InChI=1S/C17H12F3NO4S/c1-9-3-4-11(7-12(9)18)21-15(8-25-17(21)22)10-5-13(19)16(14(20)6-10)26(2,23)24/h3-8H,1-2H3. The fourth-order valence-electron chi connectivity index (χ4n) is 2.53. The van der Waals surface area contributed by atoms with Crippen LogP contribution in [-0.2, 0) is 9.84 Å². The van der Waals surface area contributed by atoms with Gasteiger partial charge in [0.05, 0.1) is 11.4 Å². The van der Waals surface area contributed by atoms with Gasteiger partial charge in [-0.05, 0) is 36.8 Å². The van der Waals surface area contributed by atoms with E-state index in [0.29, 0.717) is 11.8 Å². The second kappa shape index (κ2) is 6.17. The number of hydrogen-bond acceptors (Lipinski definition) is 4. The van der Waals surface area contributed by atoms with Crippen molar-refractivity contribution >= 4 is 9.84 Å². The van der Waals surface area contributed by atoms with Crippen molar-refractivity contribution in [3.8, 4) is 16.9 Å². The largest absolute Gasteiger partial charge is 0.424 e. The molecule has 0 aliphatic carbocycles. The summed E-state index contributed by atoms with van der Waals surface area (Å²) in [5.74, 6) is -4.09. The summed E-state index contributed by atoms with van der Waals surface area (Å²) >= 11 is 0. The minimum Gasteiger partial charge on any atom is -0.415 e. The van der Waals surface area contributed by atoms with Crippen LogP contribution in [0, 0.1) is 24.4 Å². The molecule has 0 atom stereocenters. The minimum atomic E-state index is -4.12. The maximum absolute atomic E-state index is 14.2. The first-order valence-electron chi connectivity index (χ1n) is 7.26. The van der Waals surface area contributed by atoms with Crippen molar-refractivity contribution in [2.75, 3.05) is 6.26 Å². The van der Waals surface area contributed by atoms with Gasteiger partial charge in [0.25, 0.3) is 0 Å². The molecule has 0 unspecified atom stereocenters. The molecule has 136 valence electrons. The van der Waals surface area contributed by atoms with Crippen LogP contribution in [0.3, 0.4) is 0 Å². The number of aromatic nitrogens is 1. The number of rotatable bonds is 3. The molecule has 0 fully saturated rings. The van der Waals surface area contributed by atoms with Gasteiger partial charge in [0.1, 0.15) is 28.6 Å². The first-order valence-corrected chi connectivity index (χ1v) is 9.15. The number of nitrogens with zero attached hydrogens (tertiary/aromatic N) is 1. The molecule has 0 spiro atoms. The molecule has 1 heterocycles. The van der Waals surface area contributed by atoms with E-state index < -0.39 is 37.9 Å². The van der Waals surface area contributed by atoms with Crippen molar-refractivity contribution in [3.63, 3.8) is 0 Å². The monoisotopic (exact) mass is 383 g/mol. The van der Waals surface area contributed by atoms with Gasteiger partial charge in [0.15, 0.2) is 9.84 Å². The van der Waals surface area contributed by atoms with Gasteiger partial charge in [-0.1, -0.05) is 6.07 Å². The average molecular weight is 383 g/mol. The van der Waals surface area contributed by atoms with Gasteiger partial charge in [0.2, 0.25) is 0 Å². The molecule has 0 aliphatic heterocycles. The van der Waals surface area contributed by atoms with Crippen LogP contribution in [-0.4, -0.2) is 19.2 Å². The van der Waals surface area contributed by atoms with Gasteiger partial charge in [-0.15, -0.1) is 0 Å². The SMILES string of the molecule is Cc1ccc(-n2c(-c3cc(F)c(S(C)(=O)=O)c(F)c3)coc2=O)cc1F. The van der Waals surface area contributed by atoms with E-state index in [1.165, 1.54) is 19.1 Å². The van der Waals surface area contributed by atoms with Crippen LogP contribution in [0.4, 0.5) is 13.2 Å². The van der Waals surface area contributed by atoms with Gasteiger partial charge in [0, 0.05) is 11.8 Å². The van der Waals surface area contributed by atoms with E-state index in [1.54, 1.807) is 0 Å². The van der Waals surface area contributed by atoms with Crippen molar-refractivity contribution in [1.82, 2.24) is 4.57 Å². The highest BCUT2D eigenvalue weighted by molar-refractivity contribution is 7.90. The van der Waals surface area contributed by atoms with E-state index in [-0.39, 0.29) is 16.9 Å². The summed E-state index contributed by atoms with van der Waals surface area (Å²) in [5, 5.41) is 0. The van der Waals surface area contributed by atoms with Crippen LogP contribution < -0.4 is 5.76 Å². The summed E-state index contributed by atoms with van der Waals surface area (Å²) in [6.45, 7) is 1.53. The van der Waals surface area contributed by atoms with Gasteiger partial charge in [-0.25, -0.2) is 31.0 Å². The molecule has 0 saturated carbocycles. The third-order valence-corrected chi connectivity index (χ3v) is 4.90. The molecule has 1 aromatic heterocycles. The van der Waals surface area contributed by atoms with Crippen LogP contribution in [0.15, 0.2) is 50.7 Å². The third kappa shape index (κ3) is 3.05. The molecule has 3 aromatic rings. The predicted molar refractivity (Wildman–Crippen MR) is 87.5 cm³/mol. The molecule has 2 aromatic carbocycles. The zero-order valence-corrected chi connectivity index (χ0v) is 14.4. The molecular formula is C17H12F3NO4S. The van der Waals surface area contributed by atoms with Crippen LogP contribution in [0.5, 0.6) is 0 Å². The second-order valence-electron chi connectivity index (χ2n) is 5.70. The molecule has 9 heteroatoms. The Balaban J connectivity index is 2.24. The predicted octanol–water partition coefficient (Wildman–Crippen LogP) is 3.23. The fraction of sp³-hybridized carbons (Fsp3) is 0.118. The normalized spacial score (nSPS) is 11.7. The number of halogens is 3. The molecule has 26 heavy (non-hydrogen) atoms. The first kappa shape index (κ1) is 18.0. The van der Waals surface area contributed by atoms with E-state index in [0.717, 1.165) is 29.0 Å². The highest BCUT2D eigenvalue weighted by atomic mass is 32.2. The lowest BCUT2D eigenvalue weighted by molar-refractivity contribution is 0.503. The fourth-order valence-corrected chi connectivity index (χ4v) is 3.36. The lowest BCUT2D eigenvalue weighted by atomic mass is 10.1. The molecule has 0 radical (unpaired) electrons. The number of sulfone groups is 1. The van der Waals surface area contributed by atoms with Crippen LogP contribution in [0.25, 0.3) is 16.9 Å². The molecule has 0 bridgehead atoms. The van der Waals surface area contributed by atoms with Crippen molar-refractivity contribution in [2.24, 2.45) is 0 Å². The van der Waals surface area contributed by atoms with Crippen molar-refractivity contribution in [3.05, 3.63) is 70.2 Å². The van der Waals surface area contributed by atoms with E-state index in [2.05, 4.69) is 0 Å². The summed E-state index contributed by atoms with van der Waals surface area (Å²) < 4.78 is 70.8. The lowest BCUT2D eigenvalue weighted by Gasteiger charge is -2.09. The Morgan fingerprint density at radius 3 is 2.15 bits per heavy atom. The van der Waals surface area contributed by atoms with E-state index in [4.69, 9.17) is 4.42 Å². The molecule has 0 saturated heterocycles. The topological polar surface area (TPSA) is 69.3 Å². The summed E-state index contributed by atoms with van der Waals surface area (Å²) in [5.41, 5.74) is 0.242. The average Bonchev–Trinajstić information content (AvgIpc) is 2.89. The maximum Gasteiger partial charge on any atom is 0.424 e. The van der Waals surface area contributed by atoms with Crippen LogP contribution in [0.1, 0.15) is 5.56 Å². The van der Waals surface area contributed by atoms with Gasteiger partial charge in [-0.2, -0.15) is 0 Å². The van der Waals surface area contributed by atoms with E-state index in [9.17, 15) is 26.4 Å². The lowest BCUT2D eigenvalue weighted by Crippen LogP contribution is -2.14. The Bertz CT molecular complexity index is 1160. The molecule has 5 nitrogen and oxygen atoms in total. The Morgan fingerprint density at radius 1 is 1.00 bits per heavy atom. The van der Waals surface area contributed by atoms with Gasteiger partial charge in [-0.3, -0.25) is 0 Å². The summed E-state index contributed by atoms with van der Waals surface area (Å²) in [6.07, 6.45) is 1.63. The third-order valence-electron chi connectivity index (χ3n) is 3.77. The first-order chi connectivity index (χ1) is 12.1. The zero-order valence-electron chi connectivity index (χ0n) is 13.6. The zero-order chi connectivity index (χ0) is 19.2. The molecular weight excluding hydrogens is 371 g/mol. The van der Waals surface area contributed by atoms with E-state index in [1.807, 2.05) is 0 Å². The highest BCUT2D eigenvalue weighted by Crippen LogP contribution is 2.28. The Labute approximate surface area is 146 Å². The van der Waals surface area contributed by atoms with Crippen molar-refractivity contribution in [2.45, 2.75) is 11.8 Å². The Hall–Kier alpha value is -2.81. The van der Waals surface area contributed by atoms with Crippen molar-refractivity contribution in [1.29, 1.82) is 0 Å². The molecule has 0 N–H and O–H groups in total.